The molecule has 0 bridgehead atoms. The van der Waals surface area contributed by atoms with Crippen molar-refractivity contribution < 1.29 is 14.7 Å². The molecule has 1 unspecified atom stereocenters. The maximum atomic E-state index is 12.0. The number of amides is 1. The van der Waals surface area contributed by atoms with Crippen LogP contribution in [0.2, 0.25) is 0 Å². The quantitative estimate of drug-likeness (QED) is 0.714. The normalized spacial score (nSPS) is 19.6. The Bertz CT molecular complexity index is 332. The molecule has 1 aliphatic carbocycles. The van der Waals surface area contributed by atoms with E-state index < -0.39 is 11.4 Å². The highest BCUT2D eigenvalue weighted by Crippen LogP contribution is 2.26. The minimum absolute atomic E-state index is 0.00752. The number of carboxylic acids is 1. The van der Waals surface area contributed by atoms with E-state index in [1.165, 1.54) is 0 Å². The lowest BCUT2D eigenvalue weighted by Crippen LogP contribution is -2.44. The lowest BCUT2D eigenvalue weighted by atomic mass is 9.82. The number of nitrogens with one attached hydrogen (secondary N) is 1. The van der Waals surface area contributed by atoms with Crippen LogP contribution in [0, 0.1) is 11.3 Å². The van der Waals surface area contributed by atoms with Gasteiger partial charge in [-0.1, -0.05) is 26.0 Å². The summed E-state index contributed by atoms with van der Waals surface area (Å²) in [6.45, 7) is 3.94. The van der Waals surface area contributed by atoms with Crippen molar-refractivity contribution in [3.63, 3.8) is 0 Å². The third kappa shape index (κ3) is 3.34. The molecule has 0 fully saturated rings. The summed E-state index contributed by atoms with van der Waals surface area (Å²) in [6.07, 6.45) is 7.74. The number of rotatable bonds is 6. The van der Waals surface area contributed by atoms with Gasteiger partial charge in [0.05, 0.1) is 5.41 Å². The highest BCUT2D eigenvalue weighted by atomic mass is 16.4. The van der Waals surface area contributed by atoms with Gasteiger partial charge in [-0.05, 0) is 32.1 Å². The molecule has 4 nitrogen and oxygen atoms in total. The van der Waals surface area contributed by atoms with Gasteiger partial charge in [0, 0.05) is 12.5 Å². The van der Waals surface area contributed by atoms with Crippen LogP contribution in [-0.4, -0.2) is 23.5 Å². The van der Waals surface area contributed by atoms with Crippen molar-refractivity contribution in [2.45, 2.75) is 46.0 Å². The first-order valence-corrected chi connectivity index (χ1v) is 6.72. The van der Waals surface area contributed by atoms with Crippen molar-refractivity contribution in [1.82, 2.24) is 5.32 Å². The van der Waals surface area contributed by atoms with Gasteiger partial charge in [-0.3, -0.25) is 9.59 Å². The fourth-order valence-corrected chi connectivity index (χ4v) is 2.31. The molecule has 2 N–H and O–H groups in total. The van der Waals surface area contributed by atoms with Crippen LogP contribution in [0.25, 0.3) is 0 Å². The van der Waals surface area contributed by atoms with Gasteiger partial charge in [-0.15, -0.1) is 0 Å². The van der Waals surface area contributed by atoms with Gasteiger partial charge >= 0.3 is 5.97 Å². The molecule has 1 rings (SSSR count). The smallest absolute Gasteiger partial charge is 0.311 e. The second-order valence-corrected chi connectivity index (χ2v) is 4.99. The molecule has 4 heteroatoms. The summed E-state index contributed by atoms with van der Waals surface area (Å²) in [5.41, 5.74) is -0.819. The molecule has 0 saturated heterocycles. The maximum Gasteiger partial charge on any atom is 0.311 e. The van der Waals surface area contributed by atoms with E-state index in [1.807, 2.05) is 19.9 Å². The van der Waals surface area contributed by atoms with E-state index >= 15 is 0 Å². The summed E-state index contributed by atoms with van der Waals surface area (Å²) in [4.78, 5) is 23.3. The number of hydrogen-bond donors (Lipinski definition) is 2. The second-order valence-electron chi connectivity index (χ2n) is 4.99. The number of carboxylic acid groups (broad SMARTS) is 1. The zero-order valence-electron chi connectivity index (χ0n) is 11.2. The Hall–Kier alpha value is -1.32. The minimum atomic E-state index is -0.823. The Kier molecular flexibility index (Phi) is 5.38. The van der Waals surface area contributed by atoms with Crippen LogP contribution < -0.4 is 5.32 Å². The maximum absolute atomic E-state index is 12.0. The summed E-state index contributed by atoms with van der Waals surface area (Å²) in [7, 11) is 0. The summed E-state index contributed by atoms with van der Waals surface area (Å²) in [6, 6.07) is 0. The van der Waals surface area contributed by atoms with Crippen LogP contribution in [-0.2, 0) is 9.59 Å². The minimum Gasteiger partial charge on any atom is -0.481 e. The molecule has 18 heavy (non-hydrogen) atoms. The predicted molar refractivity (Wildman–Crippen MR) is 70.1 cm³/mol. The first-order chi connectivity index (χ1) is 8.55. The van der Waals surface area contributed by atoms with Crippen molar-refractivity contribution in [2.24, 2.45) is 11.3 Å². The Morgan fingerprint density at radius 3 is 2.44 bits per heavy atom. The average molecular weight is 253 g/mol. The van der Waals surface area contributed by atoms with Crippen LogP contribution in [0.1, 0.15) is 46.0 Å². The first kappa shape index (κ1) is 14.7. The van der Waals surface area contributed by atoms with E-state index in [2.05, 4.69) is 11.4 Å². The fourth-order valence-electron chi connectivity index (χ4n) is 2.31. The number of hydrogen-bond acceptors (Lipinski definition) is 2. The van der Waals surface area contributed by atoms with Crippen molar-refractivity contribution in [2.75, 3.05) is 6.54 Å². The van der Waals surface area contributed by atoms with Crippen LogP contribution >= 0.6 is 0 Å². The first-order valence-electron chi connectivity index (χ1n) is 6.72. The third-order valence-electron chi connectivity index (χ3n) is 4.05. The van der Waals surface area contributed by atoms with Crippen LogP contribution in [0.15, 0.2) is 12.2 Å². The van der Waals surface area contributed by atoms with Gasteiger partial charge in [-0.2, -0.15) is 0 Å². The molecule has 1 amide bonds. The van der Waals surface area contributed by atoms with E-state index in [4.69, 9.17) is 0 Å². The molecule has 0 aliphatic heterocycles. The SMILES string of the molecule is CCC(CC)(CNC(=O)C1CC=CCC1)C(=O)O. The Morgan fingerprint density at radius 2 is 2.00 bits per heavy atom. The summed E-state index contributed by atoms with van der Waals surface area (Å²) >= 11 is 0. The number of carbonyl (C=O) groups excluding carboxylic acids is 1. The van der Waals surface area contributed by atoms with Crippen molar-refractivity contribution in [3.8, 4) is 0 Å². The largest absolute Gasteiger partial charge is 0.481 e. The van der Waals surface area contributed by atoms with Gasteiger partial charge in [-0.25, -0.2) is 0 Å². The van der Waals surface area contributed by atoms with Crippen LogP contribution in [0.5, 0.6) is 0 Å². The molecule has 0 heterocycles. The van der Waals surface area contributed by atoms with E-state index in [0.717, 1.165) is 19.3 Å². The number of carbonyl (C=O) groups is 2. The average Bonchev–Trinajstić information content (AvgIpc) is 2.41. The Morgan fingerprint density at radius 1 is 1.33 bits per heavy atom. The van der Waals surface area contributed by atoms with Crippen LogP contribution in [0.3, 0.4) is 0 Å². The molecule has 0 aromatic heterocycles. The second kappa shape index (κ2) is 6.57. The standard InChI is InChI=1S/C14H23NO3/c1-3-14(4-2,13(17)18)10-15-12(16)11-8-6-5-7-9-11/h5-6,11H,3-4,7-10H2,1-2H3,(H,15,16)(H,17,18). The lowest BCUT2D eigenvalue weighted by Gasteiger charge is -2.28. The lowest BCUT2D eigenvalue weighted by molar-refractivity contribution is -0.149. The third-order valence-corrected chi connectivity index (χ3v) is 4.05. The molecule has 0 aromatic rings. The number of aliphatic carboxylic acids is 1. The highest BCUT2D eigenvalue weighted by Gasteiger charge is 2.35. The van der Waals surface area contributed by atoms with E-state index in [0.29, 0.717) is 12.8 Å². The molecule has 0 saturated carbocycles. The molecule has 0 spiro atoms. The van der Waals surface area contributed by atoms with E-state index in [-0.39, 0.29) is 18.4 Å². The molecular formula is C14H23NO3. The van der Waals surface area contributed by atoms with Crippen molar-refractivity contribution >= 4 is 11.9 Å². The Balaban J connectivity index is 2.54. The topological polar surface area (TPSA) is 66.4 Å². The fraction of sp³-hybridized carbons (Fsp3) is 0.714. The molecule has 1 atom stereocenters. The summed E-state index contributed by atoms with van der Waals surface area (Å²) < 4.78 is 0. The van der Waals surface area contributed by atoms with Gasteiger partial charge < -0.3 is 10.4 Å². The molecule has 102 valence electrons. The number of allylic oxidation sites excluding steroid dienone is 2. The highest BCUT2D eigenvalue weighted by molar-refractivity contribution is 5.81. The van der Waals surface area contributed by atoms with Gasteiger partial charge in [0.15, 0.2) is 0 Å². The predicted octanol–water partition coefficient (Wildman–Crippen LogP) is 2.35. The van der Waals surface area contributed by atoms with E-state index in [9.17, 15) is 14.7 Å². The summed E-state index contributed by atoms with van der Waals surface area (Å²) in [5.74, 6) is -0.821. The van der Waals surface area contributed by atoms with E-state index in [1.54, 1.807) is 0 Å². The Labute approximate surface area is 108 Å². The van der Waals surface area contributed by atoms with Gasteiger partial charge in [0.1, 0.15) is 0 Å². The zero-order chi connectivity index (χ0) is 13.6. The molecule has 0 aromatic carbocycles. The van der Waals surface area contributed by atoms with Gasteiger partial charge in [0.2, 0.25) is 5.91 Å². The summed E-state index contributed by atoms with van der Waals surface area (Å²) in [5, 5.41) is 12.1. The van der Waals surface area contributed by atoms with Crippen LogP contribution in [0.4, 0.5) is 0 Å². The monoisotopic (exact) mass is 253 g/mol. The van der Waals surface area contributed by atoms with Gasteiger partial charge in [0.25, 0.3) is 0 Å². The molecular weight excluding hydrogens is 230 g/mol. The molecule has 1 aliphatic rings. The molecule has 0 radical (unpaired) electrons. The van der Waals surface area contributed by atoms with Crippen molar-refractivity contribution in [1.29, 1.82) is 0 Å². The van der Waals surface area contributed by atoms with Crippen molar-refractivity contribution in [3.05, 3.63) is 12.2 Å². The zero-order valence-corrected chi connectivity index (χ0v) is 11.2.